The van der Waals surface area contributed by atoms with Gasteiger partial charge in [-0.3, -0.25) is 14.5 Å². The van der Waals surface area contributed by atoms with Crippen molar-refractivity contribution >= 4 is 51.8 Å². The van der Waals surface area contributed by atoms with Gasteiger partial charge in [0.05, 0.1) is 41.8 Å². The van der Waals surface area contributed by atoms with Crippen LogP contribution in [0.25, 0.3) is 6.08 Å². The van der Waals surface area contributed by atoms with Crippen molar-refractivity contribution in [1.82, 2.24) is 4.90 Å². The summed E-state index contributed by atoms with van der Waals surface area (Å²) in [5, 5.41) is 34.8. The Balaban J connectivity index is 1.43. The molecule has 3 aromatic rings. The van der Waals surface area contributed by atoms with Crippen molar-refractivity contribution in [2.45, 2.75) is 51.7 Å². The second-order valence-corrected chi connectivity index (χ2v) is 14.0. The van der Waals surface area contributed by atoms with Gasteiger partial charge < -0.3 is 24.8 Å². The van der Waals surface area contributed by atoms with Crippen LogP contribution in [0.3, 0.4) is 0 Å². The summed E-state index contributed by atoms with van der Waals surface area (Å²) in [6.45, 7) is 2.09. The molecule has 0 bridgehead atoms. The molecule has 1 fully saturated rings. The Morgan fingerprint density at radius 2 is 1.91 bits per heavy atom. The molecule has 0 spiro atoms. The molecule has 1 aliphatic heterocycles. The maximum Gasteiger partial charge on any atom is 0.234 e. The van der Waals surface area contributed by atoms with Gasteiger partial charge in [0.1, 0.15) is 12.4 Å². The van der Waals surface area contributed by atoms with Gasteiger partial charge in [0.2, 0.25) is 11.8 Å². The highest BCUT2D eigenvalue weighted by molar-refractivity contribution is 14.1. The molecule has 244 valence electrons. The Labute approximate surface area is 287 Å². The number of hydrogen-bond acceptors (Lipinski definition) is 8. The number of amides is 2. The van der Waals surface area contributed by atoms with E-state index in [0.29, 0.717) is 33.5 Å². The SMILES string of the molecule is CCC/C(=C\c1cc(I)c(O)c(OC)c1)CC[C@@H](O)C1=C(COc2ccccc2)C[C@H]2C(=O)N(Cc3cccs3)C(=O)[C@H]2[C@H]1CO. The molecule has 10 heteroatoms. The topological polar surface area (TPSA) is 117 Å². The van der Waals surface area contributed by atoms with Crippen LogP contribution in [-0.2, 0) is 16.1 Å². The molecule has 3 N–H and O–H groups in total. The summed E-state index contributed by atoms with van der Waals surface area (Å²) in [5.74, 6) is -1.42. The number of phenols is 1. The number of aromatic hydroxyl groups is 1. The number of imide groups is 1. The maximum atomic E-state index is 13.8. The van der Waals surface area contributed by atoms with E-state index in [2.05, 4.69) is 35.6 Å². The zero-order valence-electron chi connectivity index (χ0n) is 26.0. The number of rotatable bonds is 14. The molecule has 46 heavy (non-hydrogen) atoms. The number of benzene rings is 2. The van der Waals surface area contributed by atoms with Crippen molar-refractivity contribution in [2.75, 3.05) is 20.3 Å². The Morgan fingerprint density at radius 1 is 1.13 bits per heavy atom. The van der Waals surface area contributed by atoms with E-state index in [4.69, 9.17) is 9.47 Å². The minimum Gasteiger partial charge on any atom is -0.504 e. The van der Waals surface area contributed by atoms with E-state index in [1.807, 2.05) is 53.9 Å². The summed E-state index contributed by atoms with van der Waals surface area (Å²) >= 11 is 3.57. The molecule has 4 atom stereocenters. The average molecular weight is 758 g/mol. The van der Waals surface area contributed by atoms with Crippen molar-refractivity contribution < 1.29 is 34.4 Å². The quantitative estimate of drug-likeness (QED) is 0.0967. The Hall–Kier alpha value is -3.19. The van der Waals surface area contributed by atoms with Crippen LogP contribution < -0.4 is 9.47 Å². The van der Waals surface area contributed by atoms with Crippen molar-refractivity contribution in [3.8, 4) is 17.2 Å². The number of ether oxygens (including phenoxy) is 2. The van der Waals surface area contributed by atoms with Crippen molar-refractivity contribution in [2.24, 2.45) is 17.8 Å². The molecular formula is C36H40INO7S. The number of aliphatic hydroxyl groups is 2. The van der Waals surface area contributed by atoms with Gasteiger partial charge in [0.15, 0.2) is 11.5 Å². The highest BCUT2D eigenvalue weighted by Crippen LogP contribution is 2.47. The minimum absolute atomic E-state index is 0.101. The van der Waals surface area contributed by atoms with Crippen LogP contribution in [0, 0.1) is 21.3 Å². The van der Waals surface area contributed by atoms with Gasteiger partial charge >= 0.3 is 0 Å². The minimum atomic E-state index is -0.948. The number of likely N-dealkylation sites (tertiary alicyclic amines) is 1. The van der Waals surface area contributed by atoms with Crippen LogP contribution in [0.1, 0.15) is 49.5 Å². The molecule has 0 unspecified atom stereocenters. The molecule has 1 saturated heterocycles. The summed E-state index contributed by atoms with van der Waals surface area (Å²) in [7, 11) is 1.52. The number of halogens is 1. The summed E-state index contributed by atoms with van der Waals surface area (Å²) in [5.41, 5.74) is 3.38. The van der Waals surface area contributed by atoms with Crippen LogP contribution >= 0.6 is 33.9 Å². The number of nitrogens with zero attached hydrogens (tertiary/aromatic N) is 1. The fourth-order valence-corrected chi connectivity index (χ4v) is 8.01. The summed E-state index contributed by atoms with van der Waals surface area (Å²) in [6.07, 6.45) is 4.08. The van der Waals surface area contributed by atoms with Gasteiger partial charge in [-0.05, 0) is 101 Å². The van der Waals surface area contributed by atoms with Gasteiger partial charge in [-0.15, -0.1) is 11.3 Å². The molecule has 8 nitrogen and oxygen atoms in total. The third-order valence-corrected chi connectivity index (χ3v) is 10.5. The van der Waals surface area contributed by atoms with E-state index in [9.17, 15) is 24.9 Å². The number of methoxy groups -OCH3 is 1. The van der Waals surface area contributed by atoms with Crippen LogP contribution in [0.5, 0.6) is 17.2 Å². The first-order valence-electron chi connectivity index (χ1n) is 15.6. The first kappa shape index (κ1) is 34.2. The number of para-hydroxylation sites is 1. The van der Waals surface area contributed by atoms with Crippen molar-refractivity contribution in [1.29, 1.82) is 0 Å². The first-order valence-corrected chi connectivity index (χ1v) is 17.5. The predicted octanol–water partition coefficient (Wildman–Crippen LogP) is 6.58. The number of fused-ring (bicyclic) bond motifs is 1. The smallest absolute Gasteiger partial charge is 0.234 e. The van der Waals surface area contributed by atoms with E-state index in [0.717, 1.165) is 34.4 Å². The first-order chi connectivity index (χ1) is 22.2. The molecule has 2 heterocycles. The molecule has 2 aliphatic rings. The van der Waals surface area contributed by atoms with Crippen LogP contribution in [0.2, 0.25) is 0 Å². The molecule has 2 aromatic carbocycles. The van der Waals surface area contributed by atoms with Gasteiger partial charge in [-0.1, -0.05) is 49.3 Å². The number of aliphatic hydroxyl groups excluding tert-OH is 2. The number of hydrogen-bond donors (Lipinski definition) is 3. The van der Waals surface area contributed by atoms with Crippen molar-refractivity contribution in [3.05, 3.63) is 90.7 Å². The average Bonchev–Trinajstić information content (AvgIpc) is 3.66. The highest BCUT2D eigenvalue weighted by atomic mass is 127. The molecule has 5 rings (SSSR count). The van der Waals surface area contributed by atoms with Gasteiger partial charge in [-0.2, -0.15) is 0 Å². The number of phenolic OH excluding ortho intramolecular Hbond substituents is 1. The van der Waals surface area contributed by atoms with Crippen molar-refractivity contribution in [3.63, 3.8) is 0 Å². The largest absolute Gasteiger partial charge is 0.504 e. The lowest BCUT2D eigenvalue weighted by molar-refractivity contribution is -0.140. The second kappa shape index (κ2) is 15.6. The standard InChI is InChI=1S/C36H40INO7S/c1-3-8-22(15-23-16-29(37)34(41)31(17-23)44-2)12-13-30(40)32-24(21-45-25-9-5-4-6-10-25)18-27-33(28(32)20-39)36(43)38(35(27)42)19-26-11-7-14-46-26/h4-7,9-11,14-17,27-28,30,33,39-41H,3,8,12-13,18-21H2,1-2H3/b22-15+/t27-,28+,30-,33-/m1/s1. The number of carbonyl (C=O) groups is 2. The van der Waals surface area contributed by atoms with Gasteiger partial charge in [0, 0.05) is 10.8 Å². The maximum absolute atomic E-state index is 13.8. The molecule has 0 radical (unpaired) electrons. The predicted molar refractivity (Wildman–Crippen MR) is 187 cm³/mol. The fourth-order valence-electron chi connectivity index (χ4n) is 6.69. The molecule has 1 aromatic heterocycles. The van der Waals surface area contributed by atoms with E-state index in [-0.39, 0.29) is 43.7 Å². The Kier molecular flexibility index (Phi) is 11.6. The van der Waals surface area contributed by atoms with E-state index in [1.54, 1.807) is 6.07 Å². The zero-order chi connectivity index (χ0) is 32.8. The third-order valence-electron chi connectivity index (χ3n) is 8.83. The molecule has 1 aliphatic carbocycles. The number of allylic oxidation sites excluding steroid dienone is 1. The Morgan fingerprint density at radius 3 is 2.59 bits per heavy atom. The normalized spacial score (nSPS) is 20.7. The monoisotopic (exact) mass is 757 g/mol. The van der Waals surface area contributed by atoms with Gasteiger partial charge in [-0.25, -0.2) is 0 Å². The Bertz CT molecular complexity index is 1590. The summed E-state index contributed by atoms with van der Waals surface area (Å²) in [6, 6.07) is 16.8. The highest BCUT2D eigenvalue weighted by Gasteiger charge is 2.54. The van der Waals surface area contributed by atoms with Crippen LogP contribution in [0.15, 0.2) is 76.7 Å². The summed E-state index contributed by atoms with van der Waals surface area (Å²) in [4.78, 5) is 29.7. The lowest BCUT2D eigenvalue weighted by atomic mass is 9.68. The second-order valence-electron chi connectivity index (χ2n) is 11.8. The van der Waals surface area contributed by atoms with Gasteiger partial charge in [0.25, 0.3) is 0 Å². The molecular weight excluding hydrogens is 717 g/mol. The fraction of sp³-hybridized carbons (Fsp3) is 0.389. The van der Waals surface area contributed by atoms with Crippen LogP contribution in [-0.4, -0.2) is 58.5 Å². The van der Waals surface area contributed by atoms with E-state index in [1.165, 1.54) is 23.3 Å². The lowest BCUT2D eigenvalue weighted by Crippen LogP contribution is -2.40. The number of carbonyl (C=O) groups excluding carboxylic acids is 2. The van der Waals surface area contributed by atoms with Crippen LogP contribution in [0.4, 0.5) is 0 Å². The van der Waals surface area contributed by atoms with E-state index < -0.39 is 23.9 Å². The lowest BCUT2D eigenvalue weighted by Gasteiger charge is -2.36. The summed E-state index contributed by atoms with van der Waals surface area (Å²) < 4.78 is 12.1. The third kappa shape index (κ3) is 7.51. The molecule has 0 saturated carbocycles. The molecule has 2 amide bonds. The van der Waals surface area contributed by atoms with E-state index >= 15 is 0 Å². The number of thiophene rings is 1. The zero-order valence-corrected chi connectivity index (χ0v) is 29.0.